The number of nitrogens with zero attached hydrogens (tertiary/aromatic N) is 2. The lowest BCUT2D eigenvalue weighted by atomic mass is 10.2. The van der Waals surface area contributed by atoms with Gasteiger partial charge in [0.25, 0.3) is 5.89 Å². The van der Waals surface area contributed by atoms with Crippen molar-refractivity contribution in [3.63, 3.8) is 0 Å². The monoisotopic (exact) mass is 280 g/mol. The van der Waals surface area contributed by atoms with Gasteiger partial charge in [0.15, 0.2) is 18.7 Å². The molecule has 0 atom stereocenters. The summed E-state index contributed by atoms with van der Waals surface area (Å²) in [6.07, 6.45) is 0.658. The smallest absolute Gasteiger partial charge is 0.264 e. The maximum Gasteiger partial charge on any atom is 0.264 e. The molecular formula is C13H13ClN2O3. The van der Waals surface area contributed by atoms with E-state index >= 15 is 0 Å². The molecule has 100 valence electrons. The van der Waals surface area contributed by atoms with Crippen LogP contribution < -0.4 is 4.74 Å². The largest absolute Gasteiger partial charge is 0.483 e. The summed E-state index contributed by atoms with van der Waals surface area (Å²) in [5, 5.41) is 4.17. The van der Waals surface area contributed by atoms with Crippen molar-refractivity contribution in [2.24, 2.45) is 0 Å². The van der Waals surface area contributed by atoms with Crippen LogP contribution in [0.3, 0.4) is 0 Å². The Morgan fingerprint density at radius 3 is 2.89 bits per heavy atom. The van der Waals surface area contributed by atoms with Crippen molar-refractivity contribution in [1.82, 2.24) is 10.1 Å². The second-order valence-corrected chi connectivity index (χ2v) is 4.67. The Bertz CT molecular complexity index is 581. The normalized spacial score (nSPS) is 10.7. The Balaban J connectivity index is 2.10. The number of halogens is 1. The van der Waals surface area contributed by atoms with E-state index in [1.54, 1.807) is 18.2 Å². The summed E-state index contributed by atoms with van der Waals surface area (Å²) < 4.78 is 10.5. The maximum atomic E-state index is 10.9. The number of hydrogen-bond acceptors (Lipinski definition) is 5. The van der Waals surface area contributed by atoms with Crippen molar-refractivity contribution in [2.45, 2.75) is 26.4 Å². The Morgan fingerprint density at radius 2 is 2.26 bits per heavy atom. The third kappa shape index (κ3) is 3.12. The standard InChI is InChI=1S/C13H13ClN2O3/c1-8(2)13-15-12(19-16-13)7-18-11-5-3-4-10(14)9(11)6-17/h3-6,8H,7H2,1-2H3. The fraction of sp³-hybridized carbons (Fsp3) is 0.308. The molecular weight excluding hydrogens is 268 g/mol. The summed E-state index contributed by atoms with van der Waals surface area (Å²) >= 11 is 5.89. The first kappa shape index (κ1) is 13.5. The molecule has 0 saturated heterocycles. The average Bonchev–Trinajstić information content (AvgIpc) is 2.85. The fourth-order valence-electron chi connectivity index (χ4n) is 1.46. The number of hydrogen-bond donors (Lipinski definition) is 0. The third-order valence-corrected chi connectivity index (χ3v) is 2.81. The minimum Gasteiger partial charge on any atom is -0.483 e. The highest BCUT2D eigenvalue weighted by atomic mass is 35.5. The van der Waals surface area contributed by atoms with Crippen molar-refractivity contribution >= 4 is 17.9 Å². The summed E-state index contributed by atoms with van der Waals surface area (Å²) in [6.45, 7) is 4.04. The molecule has 5 nitrogen and oxygen atoms in total. The first-order valence-corrected chi connectivity index (χ1v) is 6.18. The zero-order valence-corrected chi connectivity index (χ0v) is 11.3. The molecule has 0 spiro atoms. The quantitative estimate of drug-likeness (QED) is 0.787. The van der Waals surface area contributed by atoms with Gasteiger partial charge in [-0.05, 0) is 12.1 Å². The molecule has 1 aromatic heterocycles. The van der Waals surface area contributed by atoms with Gasteiger partial charge in [-0.1, -0.05) is 36.7 Å². The van der Waals surface area contributed by atoms with Crippen LogP contribution in [0.1, 0.15) is 41.8 Å². The molecule has 1 aromatic carbocycles. The zero-order valence-electron chi connectivity index (χ0n) is 10.6. The van der Waals surface area contributed by atoms with E-state index in [2.05, 4.69) is 10.1 Å². The van der Waals surface area contributed by atoms with Gasteiger partial charge >= 0.3 is 0 Å². The van der Waals surface area contributed by atoms with Crippen molar-refractivity contribution in [2.75, 3.05) is 0 Å². The molecule has 0 fully saturated rings. The van der Waals surface area contributed by atoms with E-state index in [1.165, 1.54) is 0 Å². The molecule has 0 amide bonds. The Kier molecular flexibility index (Phi) is 4.16. The number of aromatic nitrogens is 2. The lowest BCUT2D eigenvalue weighted by molar-refractivity contribution is 0.111. The number of rotatable bonds is 5. The lowest BCUT2D eigenvalue weighted by Crippen LogP contribution is -1.99. The first-order chi connectivity index (χ1) is 9.11. The van der Waals surface area contributed by atoms with Gasteiger partial charge in [-0.15, -0.1) is 0 Å². The maximum absolute atomic E-state index is 10.9. The molecule has 0 N–H and O–H groups in total. The first-order valence-electron chi connectivity index (χ1n) is 5.80. The van der Waals surface area contributed by atoms with Gasteiger partial charge in [0.1, 0.15) is 5.75 Å². The molecule has 0 unspecified atom stereocenters. The highest BCUT2D eigenvalue weighted by Crippen LogP contribution is 2.25. The number of aldehydes is 1. The zero-order chi connectivity index (χ0) is 13.8. The SMILES string of the molecule is CC(C)c1noc(COc2cccc(Cl)c2C=O)n1. The van der Waals surface area contributed by atoms with Crippen LogP contribution in [0.4, 0.5) is 0 Å². The number of carbonyl (C=O) groups excluding carboxylic acids is 1. The lowest BCUT2D eigenvalue weighted by Gasteiger charge is -2.06. The molecule has 0 aliphatic rings. The second-order valence-electron chi connectivity index (χ2n) is 4.26. The third-order valence-electron chi connectivity index (χ3n) is 2.48. The van der Waals surface area contributed by atoms with Gasteiger partial charge in [0.05, 0.1) is 10.6 Å². The van der Waals surface area contributed by atoms with Crippen LogP contribution in [-0.4, -0.2) is 16.4 Å². The molecule has 0 saturated carbocycles. The predicted octanol–water partition coefficient (Wildman–Crippen LogP) is 3.24. The Morgan fingerprint density at radius 1 is 1.47 bits per heavy atom. The van der Waals surface area contributed by atoms with E-state index in [-0.39, 0.29) is 12.5 Å². The van der Waals surface area contributed by atoms with Gasteiger partial charge < -0.3 is 9.26 Å². The van der Waals surface area contributed by atoms with Crippen LogP contribution in [0, 0.1) is 0 Å². The van der Waals surface area contributed by atoms with Crippen LogP contribution in [-0.2, 0) is 6.61 Å². The van der Waals surface area contributed by atoms with Crippen molar-refractivity contribution in [3.05, 3.63) is 40.5 Å². The number of benzene rings is 1. The molecule has 0 aliphatic heterocycles. The van der Waals surface area contributed by atoms with E-state index in [4.69, 9.17) is 20.9 Å². The summed E-state index contributed by atoms with van der Waals surface area (Å²) in [4.78, 5) is 15.1. The highest BCUT2D eigenvalue weighted by molar-refractivity contribution is 6.33. The van der Waals surface area contributed by atoms with Gasteiger partial charge in [0, 0.05) is 5.92 Å². The van der Waals surface area contributed by atoms with Gasteiger partial charge in [-0.3, -0.25) is 4.79 Å². The molecule has 0 bridgehead atoms. The topological polar surface area (TPSA) is 65.2 Å². The number of ether oxygens (including phenoxy) is 1. The van der Waals surface area contributed by atoms with E-state index in [0.717, 1.165) is 0 Å². The summed E-state index contributed by atoms with van der Waals surface area (Å²) in [6, 6.07) is 5.00. The Hall–Kier alpha value is -1.88. The second kappa shape index (κ2) is 5.84. The fourth-order valence-corrected chi connectivity index (χ4v) is 1.67. The summed E-state index contributed by atoms with van der Waals surface area (Å²) in [7, 11) is 0. The van der Waals surface area contributed by atoms with Crippen LogP contribution >= 0.6 is 11.6 Å². The van der Waals surface area contributed by atoms with E-state index < -0.39 is 0 Å². The van der Waals surface area contributed by atoms with Crippen molar-refractivity contribution in [1.29, 1.82) is 0 Å². The Labute approximate surface area is 115 Å². The van der Waals surface area contributed by atoms with Crippen LogP contribution in [0.25, 0.3) is 0 Å². The van der Waals surface area contributed by atoms with Crippen molar-refractivity contribution in [3.8, 4) is 5.75 Å². The van der Waals surface area contributed by atoms with Crippen LogP contribution in [0.15, 0.2) is 22.7 Å². The van der Waals surface area contributed by atoms with Gasteiger partial charge in [-0.2, -0.15) is 4.98 Å². The van der Waals surface area contributed by atoms with E-state index in [0.29, 0.717) is 34.3 Å². The molecule has 19 heavy (non-hydrogen) atoms. The van der Waals surface area contributed by atoms with Gasteiger partial charge in [-0.25, -0.2) is 0 Å². The molecule has 2 rings (SSSR count). The summed E-state index contributed by atoms with van der Waals surface area (Å²) in [5.74, 6) is 1.57. The molecule has 0 aliphatic carbocycles. The van der Waals surface area contributed by atoms with Crippen molar-refractivity contribution < 1.29 is 14.1 Å². The molecule has 2 aromatic rings. The van der Waals surface area contributed by atoms with Gasteiger partial charge in [0.2, 0.25) is 0 Å². The highest BCUT2D eigenvalue weighted by Gasteiger charge is 2.12. The molecule has 0 radical (unpaired) electrons. The number of carbonyl (C=O) groups is 1. The van der Waals surface area contributed by atoms with Crippen LogP contribution in [0.5, 0.6) is 5.75 Å². The average molecular weight is 281 g/mol. The summed E-state index contributed by atoms with van der Waals surface area (Å²) in [5.41, 5.74) is 0.313. The predicted molar refractivity (Wildman–Crippen MR) is 69.6 cm³/mol. The van der Waals surface area contributed by atoms with E-state index in [9.17, 15) is 4.79 Å². The van der Waals surface area contributed by atoms with Crippen LogP contribution in [0.2, 0.25) is 5.02 Å². The minimum atomic E-state index is 0.0981. The molecule has 1 heterocycles. The minimum absolute atomic E-state index is 0.0981. The van der Waals surface area contributed by atoms with E-state index in [1.807, 2.05) is 13.8 Å². The molecule has 6 heteroatoms.